The van der Waals surface area contributed by atoms with Gasteiger partial charge in [-0.05, 0) is 43.0 Å². The summed E-state index contributed by atoms with van der Waals surface area (Å²) in [6.45, 7) is 0.816. The SMILES string of the molecule is NC(=O)C1(Cc2ccc(-c3ccccc3F)cc2)CCCN1. The van der Waals surface area contributed by atoms with Gasteiger partial charge in [-0.1, -0.05) is 42.5 Å². The molecule has 0 bridgehead atoms. The smallest absolute Gasteiger partial charge is 0.238 e. The van der Waals surface area contributed by atoms with E-state index in [9.17, 15) is 9.18 Å². The lowest BCUT2D eigenvalue weighted by Crippen LogP contribution is -2.53. The Kier molecular flexibility index (Phi) is 3.94. The van der Waals surface area contributed by atoms with Crippen molar-refractivity contribution in [3.8, 4) is 11.1 Å². The van der Waals surface area contributed by atoms with Crippen LogP contribution < -0.4 is 11.1 Å². The van der Waals surface area contributed by atoms with Gasteiger partial charge in [0.05, 0.1) is 0 Å². The summed E-state index contributed by atoms with van der Waals surface area (Å²) in [5, 5.41) is 3.24. The Hall–Kier alpha value is -2.20. The summed E-state index contributed by atoms with van der Waals surface area (Å²) in [4.78, 5) is 11.8. The minimum Gasteiger partial charge on any atom is -0.368 e. The second kappa shape index (κ2) is 5.89. The maximum atomic E-state index is 13.8. The first-order chi connectivity index (χ1) is 10.6. The Balaban J connectivity index is 1.83. The number of carbonyl (C=O) groups excluding carboxylic acids is 1. The van der Waals surface area contributed by atoms with Crippen molar-refractivity contribution >= 4 is 5.91 Å². The molecule has 114 valence electrons. The molecule has 3 rings (SSSR count). The minimum absolute atomic E-state index is 0.235. The van der Waals surface area contributed by atoms with E-state index in [-0.39, 0.29) is 11.7 Å². The van der Waals surface area contributed by atoms with Crippen molar-refractivity contribution in [1.29, 1.82) is 0 Å². The van der Waals surface area contributed by atoms with Gasteiger partial charge in [0.1, 0.15) is 11.4 Å². The zero-order chi connectivity index (χ0) is 15.6. The summed E-state index contributed by atoms with van der Waals surface area (Å²) < 4.78 is 13.8. The van der Waals surface area contributed by atoms with Crippen LogP contribution in [0.2, 0.25) is 0 Å². The van der Waals surface area contributed by atoms with Crippen LogP contribution in [0.25, 0.3) is 11.1 Å². The van der Waals surface area contributed by atoms with Gasteiger partial charge in [0.15, 0.2) is 0 Å². The number of nitrogens with one attached hydrogen (secondary N) is 1. The molecule has 0 radical (unpaired) electrons. The first kappa shape index (κ1) is 14.7. The zero-order valence-electron chi connectivity index (χ0n) is 12.3. The highest BCUT2D eigenvalue weighted by Crippen LogP contribution is 2.27. The number of hydrogen-bond donors (Lipinski definition) is 2. The van der Waals surface area contributed by atoms with Gasteiger partial charge in [0.2, 0.25) is 5.91 Å². The first-order valence-corrected chi connectivity index (χ1v) is 7.49. The number of primary amides is 1. The Labute approximate surface area is 129 Å². The average Bonchev–Trinajstić information content (AvgIpc) is 2.99. The van der Waals surface area contributed by atoms with E-state index in [1.165, 1.54) is 6.07 Å². The van der Waals surface area contributed by atoms with Crippen LogP contribution in [0.3, 0.4) is 0 Å². The second-order valence-corrected chi connectivity index (χ2v) is 5.83. The Bertz CT molecular complexity index is 676. The van der Waals surface area contributed by atoms with Crippen LogP contribution in [-0.2, 0) is 11.2 Å². The predicted molar refractivity (Wildman–Crippen MR) is 84.7 cm³/mol. The number of nitrogens with two attached hydrogens (primary N) is 1. The average molecular weight is 298 g/mol. The van der Waals surface area contributed by atoms with Crippen LogP contribution in [0, 0.1) is 5.82 Å². The minimum atomic E-state index is -0.639. The van der Waals surface area contributed by atoms with Crippen LogP contribution in [0.1, 0.15) is 18.4 Å². The van der Waals surface area contributed by atoms with Crippen molar-refractivity contribution in [3.63, 3.8) is 0 Å². The van der Waals surface area contributed by atoms with E-state index in [0.29, 0.717) is 12.0 Å². The molecule has 1 atom stereocenters. The Morgan fingerprint density at radius 1 is 1.18 bits per heavy atom. The summed E-state index contributed by atoms with van der Waals surface area (Å²) in [6.07, 6.45) is 2.29. The summed E-state index contributed by atoms with van der Waals surface area (Å²) in [7, 11) is 0. The third-order valence-corrected chi connectivity index (χ3v) is 4.36. The third kappa shape index (κ3) is 2.74. The van der Waals surface area contributed by atoms with Crippen LogP contribution in [0.5, 0.6) is 0 Å². The molecule has 1 heterocycles. The summed E-state index contributed by atoms with van der Waals surface area (Å²) in [5.74, 6) is -0.538. The van der Waals surface area contributed by atoms with E-state index in [0.717, 1.165) is 30.5 Å². The number of benzene rings is 2. The monoisotopic (exact) mass is 298 g/mol. The van der Waals surface area contributed by atoms with Gasteiger partial charge in [0.25, 0.3) is 0 Å². The molecule has 1 fully saturated rings. The van der Waals surface area contributed by atoms with E-state index in [4.69, 9.17) is 5.73 Å². The fourth-order valence-corrected chi connectivity index (χ4v) is 3.10. The molecule has 1 aliphatic rings. The molecule has 2 aromatic rings. The highest BCUT2D eigenvalue weighted by Gasteiger charge is 2.39. The van der Waals surface area contributed by atoms with Crippen molar-refractivity contribution in [3.05, 3.63) is 59.9 Å². The molecule has 4 heteroatoms. The number of hydrogen-bond acceptors (Lipinski definition) is 2. The van der Waals surface area contributed by atoms with Crippen LogP contribution >= 0.6 is 0 Å². The molecular weight excluding hydrogens is 279 g/mol. The van der Waals surface area contributed by atoms with Gasteiger partial charge < -0.3 is 11.1 Å². The van der Waals surface area contributed by atoms with Crippen LogP contribution in [0.4, 0.5) is 4.39 Å². The molecule has 22 heavy (non-hydrogen) atoms. The molecule has 1 saturated heterocycles. The highest BCUT2D eigenvalue weighted by atomic mass is 19.1. The van der Waals surface area contributed by atoms with E-state index in [1.807, 2.05) is 30.3 Å². The molecule has 0 aliphatic carbocycles. The van der Waals surface area contributed by atoms with Crippen molar-refractivity contribution in [2.75, 3.05) is 6.54 Å². The summed E-state index contributed by atoms with van der Waals surface area (Å²) >= 11 is 0. The maximum Gasteiger partial charge on any atom is 0.238 e. The lowest BCUT2D eigenvalue weighted by molar-refractivity contribution is -0.123. The van der Waals surface area contributed by atoms with E-state index < -0.39 is 5.54 Å². The topological polar surface area (TPSA) is 55.1 Å². The third-order valence-electron chi connectivity index (χ3n) is 4.36. The molecule has 0 saturated carbocycles. The summed E-state index contributed by atoms with van der Waals surface area (Å²) in [6, 6.07) is 14.3. The molecule has 1 unspecified atom stereocenters. The van der Waals surface area contributed by atoms with Crippen molar-refractivity contribution < 1.29 is 9.18 Å². The molecule has 1 amide bonds. The summed E-state index contributed by atoms with van der Waals surface area (Å²) in [5.41, 5.74) is 7.36. The van der Waals surface area contributed by atoms with Gasteiger partial charge in [-0.15, -0.1) is 0 Å². The molecular formula is C18H19FN2O. The molecule has 0 spiro atoms. The normalized spacial score (nSPS) is 21.0. The zero-order valence-corrected chi connectivity index (χ0v) is 12.3. The molecule has 3 N–H and O–H groups in total. The molecule has 0 aromatic heterocycles. The number of halogens is 1. The molecule has 3 nitrogen and oxygen atoms in total. The second-order valence-electron chi connectivity index (χ2n) is 5.83. The number of amides is 1. The van der Waals surface area contributed by atoms with Gasteiger partial charge in [-0.25, -0.2) is 4.39 Å². The first-order valence-electron chi connectivity index (χ1n) is 7.49. The largest absolute Gasteiger partial charge is 0.368 e. The van der Waals surface area contributed by atoms with E-state index >= 15 is 0 Å². The number of rotatable bonds is 4. The maximum absolute atomic E-state index is 13.8. The lowest BCUT2D eigenvalue weighted by Gasteiger charge is -2.25. The lowest BCUT2D eigenvalue weighted by atomic mass is 9.88. The van der Waals surface area contributed by atoms with Gasteiger partial charge in [-0.3, -0.25) is 4.79 Å². The van der Waals surface area contributed by atoms with Gasteiger partial charge in [-0.2, -0.15) is 0 Å². The van der Waals surface area contributed by atoms with Crippen molar-refractivity contribution in [2.24, 2.45) is 5.73 Å². The van der Waals surface area contributed by atoms with Crippen LogP contribution in [0.15, 0.2) is 48.5 Å². The van der Waals surface area contributed by atoms with Crippen molar-refractivity contribution in [2.45, 2.75) is 24.8 Å². The Morgan fingerprint density at radius 3 is 2.50 bits per heavy atom. The fraction of sp³-hybridized carbons (Fsp3) is 0.278. The van der Waals surface area contributed by atoms with Gasteiger partial charge >= 0.3 is 0 Å². The van der Waals surface area contributed by atoms with Gasteiger partial charge in [0, 0.05) is 5.56 Å². The predicted octanol–water partition coefficient (Wildman–Crippen LogP) is 2.64. The Morgan fingerprint density at radius 2 is 1.91 bits per heavy atom. The van der Waals surface area contributed by atoms with E-state index in [1.54, 1.807) is 12.1 Å². The quantitative estimate of drug-likeness (QED) is 0.911. The standard InChI is InChI=1S/C18H19FN2O/c19-16-5-2-1-4-15(16)14-8-6-13(7-9-14)12-18(17(20)22)10-3-11-21-18/h1-2,4-9,21H,3,10-12H2,(H2,20,22). The van der Waals surface area contributed by atoms with E-state index in [2.05, 4.69) is 5.32 Å². The number of carbonyl (C=O) groups is 1. The molecule has 2 aromatic carbocycles. The fourth-order valence-electron chi connectivity index (χ4n) is 3.10. The van der Waals surface area contributed by atoms with Crippen LogP contribution in [-0.4, -0.2) is 18.0 Å². The van der Waals surface area contributed by atoms with Crippen molar-refractivity contribution in [1.82, 2.24) is 5.32 Å². The highest BCUT2D eigenvalue weighted by molar-refractivity contribution is 5.85. The molecule has 1 aliphatic heterocycles.